The van der Waals surface area contributed by atoms with Crippen LogP contribution in [0.1, 0.15) is 60.6 Å². The lowest BCUT2D eigenvalue weighted by molar-refractivity contribution is 0.0957. The zero-order valence-electron chi connectivity index (χ0n) is 17.2. The van der Waals surface area contributed by atoms with Gasteiger partial charge < -0.3 is 16.0 Å². The standard InChI is InChI=1S/C21H25ClFN7O/c22-16-15(6-10-25-17(16)23)19(31)26-9-5-13-7-11-30(12-8-13)21-28-18(27-20(24)29-21)14-3-1-2-4-14/h5-6,10,14H,1-4,7-9,11-12H2,(H,26,31)(H2,24,27,28,29). The van der Waals surface area contributed by atoms with Gasteiger partial charge in [0, 0.05) is 31.7 Å². The molecule has 0 radical (unpaired) electrons. The van der Waals surface area contributed by atoms with E-state index in [1.807, 2.05) is 6.08 Å². The van der Waals surface area contributed by atoms with Crippen LogP contribution in [0.25, 0.3) is 0 Å². The van der Waals surface area contributed by atoms with E-state index in [9.17, 15) is 9.18 Å². The van der Waals surface area contributed by atoms with Crippen LogP contribution in [0, 0.1) is 5.95 Å². The molecule has 31 heavy (non-hydrogen) atoms. The van der Waals surface area contributed by atoms with E-state index in [-0.39, 0.29) is 16.5 Å². The first kappa shape index (κ1) is 21.4. The number of pyridine rings is 1. The van der Waals surface area contributed by atoms with Crippen LogP contribution in [-0.4, -0.2) is 45.5 Å². The van der Waals surface area contributed by atoms with Gasteiger partial charge >= 0.3 is 0 Å². The minimum Gasteiger partial charge on any atom is -0.368 e. The molecule has 0 bridgehead atoms. The fraction of sp³-hybridized carbons (Fsp3) is 0.476. The van der Waals surface area contributed by atoms with Crippen molar-refractivity contribution in [2.24, 2.45) is 0 Å². The number of nitrogen functional groups attached to an aromatic ring is 1. The quantitative estimate of drug-likeness (QED) is 0.536. The van der Waals surface area contributed by atoms with E-state index in [1.54, 1.807) is 0 Å². The number of anilines is 2. The molecule has 10 heteroatoms. The molecule has 1 amide bonds. The maximum absolute atomic E-state index is 13.4. The molecule has 1 saturated heterocycles. The summed E-state index contributed by atoms with van der Waals surface area (Å²) in [5.41, 5.74) is 7.26. The van der Waals surface area contributed by atoms with Crippen molar-refractivity contribution < 1.29 is 9.18 Å². The molecular weight excluding hydrogens is 421 g/mol. The minimum absolute atomic E-state index is 0.0767. The van der Waals surface area contributed by atoms with Crippen molar-refractivity contribution in [1.82, 2.24) is 25.3 Å². The molecule has 3 heterocycles. The van der Waals surface area contributed by atoms with Crippen LogP contribution in [-0.2, 0) is 0 Å². The number of nitrogens with two attached hydrogens (primary N) is 1. The molecule has 0 aromatic carbocycles. The number of hydrogen-bond acceptors (Lipinski definition) is 7. The highest BCUT2D eigenvalue weighted by Gasteiger charge is 2.23. The number of amides is 1. The first-order chi connectivity index (χ1) is 15.0. The first-order valence-electron chi connectivity index (χ1n) is 10.5. The number of hydrogen-bond donors (Lipinski definition) is 2. The van der Waals surface area contributed by atoms with Gasteiger partial charge in [0.05, 0.1) is 5.56 Å². The molecule has 0 unspecified atom stereocenters. The van der Waals surface area contributed by atoms with Crippen LogP contribution in [0.2, 0.25) is 5.02 Å². The third-order valence-corrected chi connectivity index (χ3v) is 6.17. The smallest absolute Gasteiger partial charge is 0.253 e. The highest BCUT2D eigenvalue weighted by Crippen LogP contribution is 2.33. The largest absolute Gasteiger partial charge is 0.368 e. The lowest BCUT2D eigenvalue weighted by Gasteiger charge is -2.29. The minimum atomic E-state index is -0.852. The van der Waals surface area contributed by atoms with E-state index < -0.39 is 11.9 Å². The van der Waals surface area contributed by atoms with Crippen molar-refractivity contribution in [3.05, 3.63) is 46.3 Å². The van der Waals surface area contributed by atoms with Gasteiger partial charge in [0.15, 0.2) is 0 Å². The second kappa shape index (κ2) is 9.55. The lowest BCUT2D eigenvalue weighted by atomic mass is 10.0. The third kappa shape index (κ3) is 5.10. The molecule has 2 aromatic heterocycles. The number of aromatic nitrogens is 4. The summed E-state index contributed by atoms with van der Waals surface area (Å²) in [6, 6.07) is 1.40. The van der Waals surface area contributed by atoms with Crippen molar-refractivity contribution in [3.8, 4) is 0 Å². The van der Waals surface area contributed by atoms with Gasteiger partial charge in [-0.25, -0.2) is 4.98 Å². The number of piperidine rings is 1. The van der Waals surface area contributed by atoms with Crippen LogP contribution in [0.5, 0.6) is 0 Å². The van der Waals surface area contributed by atoms with Crippen LogP contribution >= 0.6 is 11.6 Å². The lowest BCUT2D eigenvalue weighted by Crippen LogP contribution is -2.33. The molecule has 4 rings (SSSR count). The summed E-state index contributed by atoms with van der Waals surface area (Å²) >= 11 is 5.81. The van der Waals surface area contributed by atoms with Crippen molar-refractivity contribution in [1.29, 1.82) is 0 Å². The van der Waals surface area contributed by atoms with E-state index in [4.69, 9.17) is 22.3 Å². The van der Waals surface area contributed by atoms with Crippen molar-refractivity contribution >= 4 is 29.4 Å². The Morgan fingerprint density at radius 3 is 2.74 bits per heavy atom. The van der Waals surface area contributed by atoms with Gasteiger partial charge in [0.1, 0.15) is 10.8 Å². The molecular formula is C21H25ClFN7O. The number of halogens is 2. The fourth-order valence-electron chi connectivity index (χ4n) is 4.08. The van der Waals surface area contributed by atoms with E-state index in [2.05, 4.69) is 25.2 Å². The second-order valence-electron chi connectivity index (χ2n) is 7.86. The average molecular weight is 446 g/mol. The van der Waals surface area contributed by atoms with Crippen molar-refractivity contribution in [3.63, 3.8) is 0 Å². The molecule has 8 nitrogen and oxygen atoms in total. The Balaban J connectivity index is 1.32. The monoisotopic (exact) mass is 445 g/mol. The third-order valence-electron chi connectivity index (χ3n) is 5.81. The summed E-state index contributed by atoms with van der Waals surface area (Å²) < 4.78 is 13.4. The molecule has 164 valence electrons. The Kier molecular flexibility index (Phi) is 6.60. The van der Waals surface area contributed by atoms with Crippen LogP contribution < -0.4 is 16.0 Å². The van der Waals surface area contributed by atoms with Crippen molar-refractivity contribution in [2.75, 3.05) is 30.3 Å². The predicted molar refractivity (Wildman–Crippen MR) is 117 cm³/mol. The molecule has 2 fully saturated rings. The number of carbonyl (C=O) groups is 1. The van der Waals surface area contributed by atoms with Gasteiger partial charge in [-0.2, -0.15) is 19.3 Å². The van der Waals surface area contributed by atoms with Gasteiger partial charge in [-0.3, -0.25) is 4.79 Å². The van der Waals surface area contributed by atoms with Crippen molar-refractivity contribution in [2.45, 2.75) is 44.4 Å². The summed E-state index contributed by atoms with van der Waals surface area (Å²) in [4.78, 5) is 31.2. The highest BCUT2D eigenvalue weighted by molar-refractivity contribution is 6.33. The summed E-state index contributed by atoms with van der Waals surface area (Å²) in [6.45, 7) is 1.89. The van der Waals surface area contributed by atoms with Gasteiger partial charge in [-0.1, -0.05) is 36.1 Å². The maximum atomic E-state index is 13.4. The van der Waals surface area contributed by atoms with Crippen LogP contribution in [0.4, 0.5) is 16.3 Å². The Morgan fingerprint density at radius 1 is 1.26 bits per heavy atom. The van der Waals surface area contributed by atoms with Crippen LogP contribution in [0.15, 0.2) is 23.9 Å². The van der Waals surface area contributed by atoms with Gasteiger partial charge in [-0.15, -0.1) is 0 Å². The summed E-state index contributed by atoms with van der Waals surface area (Å²) in [5.74, 6) is 0.847. The number of nitrogens with one attached hydrogen (secondary N) is 1. The number of rotatable bonds is 5. The zero-order chi connectivity index (χ0) is 21.8. The molecule has 2 aromatic rings. The molecule has 3 N–H and O–H groups in total. The fourth-order valence-corrected chi connectivity index (χ4v) is 4.28. The van der Waals surface area contributed by atoms with Gasteiger partial charge in [0.2, 0.25) is 17.8 Å². The topological polar surface area (TPSA) is 110 Å². The number of nitrogens with zero attached hydrogens (tertiary/aromatic N) is 5. The highest BCUT2D eigenvalue weighted by atomic mass is 35.5. The molecule has 1 aliphatic heterocycles. The van der Waals surface area contributed by atoms with E-state index in [0.29, 0.717) is 18.4 Å². The molecule has 1 aliphatic carbocycles. The predicted octanol–water partition coefficient (Wildman–Crippen LogP) is 3.26. The first-order valence-corrected chi connectivity index (χ1v) is 10.9. The van der Waals surface area contributed by atoms with Crippen LogP contribution in [0.3, 0.4) is 0 Å². The summed E-state index contributed by atoms with van der Waals surface area (Å²) in [7, 11) is 0. The van der Waals surface area contributed by atoms with E-state index in [0.717, 1.165) is 44.6 Å². The number of carbonyl (C=O) groups excluding carboxylic acids is 1. The normalized spacial score (nSPS) is 17.1. The van der Waals surface area contributed by atoms with Gasteiger partial charge in [0.25, 0.3) is 5.91 Å². The van der Waals surface area contributed by atoms with E-state index in [1.165, 1.54) is 30.7 Å². The van der Waals surface area contributed by atoms with Gasteiger partial charge in [-0.05, 0) is 31.7 Å². The maximum Gasteiger partial charge on any atom is 0.253 e. The summed E-state index contributed by atoms with van der Waals surface area (Å²) in [6.07, 6.45) is 9.53. The Hall–Kier alpha value is -2.81. The zero-order valence-corrected chi connectivity index (χ0v) is 17.9. The molecule has 0 spiro atoms. The molecule has 2 aliphatic rings. The summed E-state index contributed by atoms with van der Waals surface area (Å²) in [5, 5.41) is 2.48. The average Bonchev–Trinajstić information content (AvgIpc) is 3.31. The Morgan fingerprint density at radius 2 is 2.00 bits per heavy atom. The SMILES string of the molecule is Nc1nc(C2CCCC2)nc(N2CCC(=CCNC(=O)c3ccnc(F)c3Cl)CC2)n1. The molecule has 1 saturated carbocycles. The Labute approximate surface area is 185 Å². The Bertz CT molecular complexity index is 984. The second-order valence-corrected chi connectivity index (χ2v) is 8.23. The molecule has 0 atom stereocenters. The van der Waals surface area contributed by atoms with E-state index >= 15 is 0 Å².